The van der Waals surface area contributed by atoms with Crippen molar-refractivity contribution in [2.75, 3.05) is 19.5 Å². The number of methoxy groups -OCH3 is 1. The zero-order chi connectivity index (χ0) is 17.6. The first-order valence-electron chi connectivity index (χ1n) is 7.18. The largest absolute Gasteiger partial charge is 0.495 e. The highest BCUT2D eigenvalue weighted by Crippen LogP contribution is 2.22. The van der Waals surface area contributed by atoms with E-state index in [1.54, 1.807) is 19.2 Å². The first kappa shape index (κ1) is 21.2. The number of aliphatic imine (C=N–C) groups is 1. The number of benzene rings is 2. The molecular formula is C16H21IN4O3S. The summed E-state index contributed by atoms with van der Waals surface area (Å²) in [6.07, 6.45) is 0. The van der Waals surface area contributed by atoms with E-state index < -0.39 is 10.0 Å². The highest BCUT2D eigenvalue weighted by atomic mass is 127. The molecule has 0 aliphatic rings. The van der Waals surface area contributed by atoms with Crippen LogP contribution in [0.4, 0.5) is 5.69 Å². The van der Waals surface area contributed by atoms with Gasteiger partial charge in [0, 0.05) is 0 Å². The van der Waals surface area contributed by atoms with Gasteiger partial charge in [-0.05, 0) is 36.9 Å². The molecule has 0 heterocycles. The van der Waals surface area contributed by atoms with Gasteiger partial charge in [0.1, 0.15) is 5.75 Å². The van der Waals surface area contributed by atoms with Crippen LogP contribution in [0.2, 0.25) is 0 Å². The summed E-state index contributed by atoms with van der Waals surface area (Å²) in [5.74, 6) is 0.906. The molecule has 0 atom stereocenters. The molecule has 136 valence electrons. The van der Waals surface area contributed by atoms with Crippen molar-refractivity contribution in [3.8, 4) is 5.75 Å². The zero-order valence-electron chi connectivity index (χ0n) is 13.9. The van der Waals surface area contributed by atoms with E-state index in [0.717, 1.165) is 11.3 Å². The Hall–Kier alpha value is -1.85. The van der Waals surface area contributed by atoms with E-state index in [0.29, 0.717) is 12.3 Å². The summed E-state index contributed by atoms with van der Waals surface area (Å²) in [7, 11) is -0.481. The van der Waals surface area contributed by atoms with Crippen LogP contribution in [-0.4, -0.2) is 28.5 Å². The van der Waals surface area contributed by atoms with Gasteiger partial charge in [0.25, 0.3) is 0 Å². The van der Waals surface area contributed by atoms with E-state index in [9.17, 15) is 8.42 Å². The van der Waals surface area contributed by atoms with Crippen LogP contribution in [0.25, 0.3) is 0 Å². The van der Waals surface area contributed by atoms with E-state index in [4.69, 9.17) is 10.5 Å². The first-order valence-corrected chi connectivity index (χ1v) is 8.67. The van der Waals surface area contributed by atoms with Crippen molar-refractivity contribution >= 4 is 45.6 Å². The normalized spacial score (nSPS) is 11.5. The Morgan fingerprint density at radius 3 is 2.40 bits per heavy atom. The summed E-state index contributed by atoms with van der Waals surface area (Å²) < 4.78 is 30.8. The van der Waals surface area contributed by atoms with E-state index >= 15 is 0 Å². The summed E-state index contributed by atoms with van der Waals surface area (Å²) in [6, 6.07) is 13.8. The minimum atomic E-state index is -3.43. The summed E-state index contributed by atoms with van der Waals surface area (Å²) in [5.41, 5.74) is 7.44. The lowest BCUT2D eigenvalue weighted by atomic mass is 10.2. The molecule has 2 aromatic carbocycles. The van der Waals surface area contributed by atoms with Gasteiger partial charge >= 0.3 is 0 Å². The Kier molecular flexibility index (Phi) is 8.13. The Labute approximate surface area is 164 Å². The number of sulfonamides is 1. The smallest absolute Gasteiger partial charge is 0.240 e. The fourth-order valence-corrected chi connectivity index (χ4v) is 2.72. The monoisotopic (exact) mass is 476 g/mol. The van der Waals surface area contributed by atoms with Gasteiger partial charge in [0.15, 0.2) is 5.96 Å². The van der Waals surface area contributed by atoms with Crippen LogP contribution < -0.4 is 20.5 Å². The van der Waals surface area contributed by atoms with Crippen molar-refractivity contribution in [1.82, 2.24) is 4.72 Å². The summed E-state index contributed by atoms with van der Waals surface area (Å²) in [6.45, 7) is 0.327. The number of ether oxygens (including phenoxy) is 1. The molecule has 7 nitrogen and oxygen atoms in total. The third-order valence-corrected chi connectivity index (χ3v) is 4.73. The minimum absolute atomic E-state index is 0. The molecule has 9 heteroatoms. The third kappa shape index (κ3) is 5.87. The molecule has 0 radical (unpaired) electrons. The second-order valence-corrected chi connectivity index (χ2v) is 6.76. The third-order valence-electron chi connectivity index (χ3n) is 3.30. The fraction of sp³-hybridized carbons (Fsp3) is 0.188. The maximum atomic E-state index is 11.7. The average Bonchev–Trinajstić information content (AvgIpc) is 2.61. The van der Waals surface area contributed by atoms with Gasteiger partial charge in [-0.2, -0.15) is 0 Å². The molecule has 4 N–H and O–H groups in total. The van der Waals surface area contributed by atoms with Crippen LogP contribution in [-0.2, 0) is 16.6 Å². The number of nitrogens with zero attached hydrogens (tertiary/aromatic N) is 1. The Bertz CT molecular complexity index is 824. The number of para-hydroxylation sites is 2. The first-order chi connectivity index (χ1) is 11.5. The summed E-state index contributed by atoms with van der Waals surface area (Å²) in [4.78, 5) is 4.45. The highest BCUT2D eigenvalue weighted by molar-refractivity contribution is 14.0. The quantitative estimate of drug-likeness (QED) is 0.337. The number of hydrogen-bond acceptors (Lipinski definition) is 4. The molecule has 0 amide bonds. The molecule has 0 aliphatic carbocycles. The lowest BCUT2D eigenvalue weighted by Gasteiger charge is -2.10. The Balaban J connectivity index is 0.00000312. The van der Waals surface area contributed by atoms with Crippen LogP contribution in [0, 0.1) is 0 Å². The number of hydrogen-bond donors (Lipinski definition) is 3. The van der Waals surface area contributed by atoms with Crippen molar-refractivity contribution in [3.05, 3.63) is 54.1 Å². The van der Waals surface area contributed by atoms with E-state index in [-0.39, 0.29) is 34.8 Å². The SMILES string of the molecule is CNS(=O)(=O)c1ccc(CN=C(N)Nc2ccccc2OC)cc1.I. The maximum Gasteiger partial charge on any atom is 0.240 e. The second kappa shape index (κ2) is 9.59. The maximum absolute atomic E-state index is 11.7. The number of halogens is 1. The Morgan fingerprint density at radius 2 is 1.80 bits per heavy atom. The number of anilines is 1. The van der Waals surface area contributed by atoms with Crippen molar-refractivity contribution in [3.63, 3.8) is 0 Å². The summed E-state index contributed by atoms with van der Waals surface area (Å²) in [5, 5.41) is 2.97. The molecular weight excluding hydrogens is 455 g/mol. The molecule has 2 rings (SSSR count). The van der Waals surface area contributed by atoms with Crippen molar-refractivity contribution in [2.24, 2.45) is 10.7 Å². The Morgan fingerprint density at radius 1 is 1.16 bits per heavy atom. The predicted molar refractivity (Wildman–Crippen MR) is 110 cm³/mol. The van der Waals surface area contributed by atoms with Gasteiger partial charge in [0.2, 0.25) is 10.0 Å². The minimum Gasteiger partial charge on any atom is -0.495 e. The van der Waals surface area contributed by atoms with Gasteiger partial charge in [-0.3, -0.25) is 0 Å². The number of rotatable bonds is 6. The lowest BCUT2D eigenvalue weighted by Crippen LogP contribution is -2.23. The van der Waals surface area contributed by atoms with Gasteiger partial charge in [-0.15, -0.1) is 24.0 Å². The standard InChI is InChI=1S/C16H20N4O3S.HI/c1-18-24(21,22)13-9-7-12(8-10-13)11-19-16(17)20-14-5-3-4-6-15(14)23-2;/h3-10,18H,11H2,1-2H3,(H3,17,19,20);1H. The van der Waals surface area contributed by atoms with Gasteiger partial charge in [0.05, 0.1) is 24.2 Å². The molecule has 0 saturated heterocycles. The molecule has 0 aliphatic heterocycles. The van der Waals surface area contributed by atoms with Gasteiger partial charge in [-0.1, -0.05) is 24.3 Å². The van der Waals surface area contributed by atoms with Crippen LogP contribution in [0.3, 0.4) is 0 Å². The molecule has 25 heavy (non-hydrogen) atoms. The number of guanidine groups is 1. The highest BCUT2D eigenvalue weighted by Gasteiger charge is 2.10. The van der Waals surface area contributed by atoms with Crippen molar-refractivity contribution in [1.29, 1.82) is 0 Å². The molecule has 0 saturated carbocycles. The van der Waals surface area contributed by atoms with E-state index in [2.05, 4.69) is 15.0 Å². The summed E-state index contributed by atoms with van der Waals surface area (Å²) >= 11 is 0. The van der Waals surface area contributed by atoms with Gasteiger partial charge in [-0.25, -0.2) is 18.1 Å². The molecule has 2 aromatic rings. The number of nitrogens with two attached hydrogens (primary N) is 1. The lowest BCUT2D eigenvalue weighted by molar-refractivity contribution is 0.417. The fourth-order valence-electron chi connectivity index (χ4n) is 1.99. The van der Waals surface area contributed by atoms with E-state index in [1.807, 2.05) is 24.3 Å². The topological polar surface area (TPSA) is 106 Å². The molecule has 0 fully saturated rings. The number of nitrogens with one attached hydrogen (secondary N) is 2. The van der Waals surface area contributed by atoms with Crippen LogP contribution >= 0.6 is 24.0 Å². The zero-order valence-corrected chi connectivity index (χ0v) is 17.0. The van der Waals surface area contributed by atoms with Crippen LogP contribution in [0.15, 0.2) is 58.4 Å². The van der Waals surface area contributed by atoms with E-state index in [1.165, 1.54) is 19.2 Å². The average molecular weight is 476 g/mol. The second-order valence-electron chi connectivity index (χ2n) is 4.88. The van der Waals surface area contributed by atoms with Crippen LogP contribution in [0.1, 0.15) is 5.56 Å². The van der Waals surface area contributed by atoms with Gasteiger partial charge < -0.3 is 15.8 Å². The molecule has 0 unspecified atom stereocenters. The van der Waals surface area contributed by atoms with Crippen LogP contribution in [0.5, 0.6) is 5.75 Å². The van der Waals surface area contributed by atoms with Crippen molar-refractivity contribution in [2.45, 2.75) is 11.4 Å². The molecule has 0 spiro atoms. The molecule has 0 aromatic heterocycles. The van der Waals surface area contributed by atoms with Crippen molar-refractivity contribution < 1.29 is 13.2 Å². The molecule has 0 bridgehead atoms. The predicted octanol–water partition coefficient (Wildman–Crippen LogP) is 2.15.